The Bertz CT molecular complexity index is 795. The maximum Gasteiger partial charge on any atom is 0.326 e. The molecular weight excluding hydrogens is 334 g/mol. The molecule has 2 aromatic carbocycles. The van der Waals surface area contributed by atoms with Crippen molar-refractivity contribution in [3.8, 4) is 0 Å². The summed E-state index contributed by atoms with van der Waals surface area (Å²) in [6.07, 6.45) is 7.56. The van der Waals surface area contributed by atoms with Crippen LogP contribution in [0.3, 0.4) is 0 Å². The standard InChI is InChI=1S/C23H27N3O/c24-19-6-8-21(9-7-19)26(20-4-2-1-3-5-20)22(27)25-23-13-16-10-17(14-23)12-18(11-16)15-23/h1-9,16-18H,10-15,24H2,(H,25,27). The van der Waals surface area contributed by atoms with Crippen LogP contribution in [0, 0.1) is 17.8 Å². The first-order chi connectivity index (χ1) is 13.1. The topological polar surface area (TPSA) is 58.4 Å². The van der Waals surface area contributed by atoms with Crippen molar-refractivity contribution in [1.82, 2.24) is 5.32 Å². The molecule has 140 valence electrons. The molecule has 0 atom stereocenters. The second-order valence-corrected chi connectivity index (χ2v) is 8.89. The highest BCUT2D eigenvalue weighted by Gasteiger charge is 2.51. The van der Waals surface area contributed by atoms with Gasteiger partial charge < -0.3 is 11.1 Å². The van der Waals surface area contributed by atoms with Gasteiger partial charge in [0.15, 0.2) is 0 Å². The van der Waals surface area contributed by atoms with Crippen LogP contribution >= 0.6 is 0 Å². The van der Waals surface area contributed by atoms with E-state index in [9.17, 15) is 4.79 Å². The first-order valence-electron chi connectivity index (χ1n) is 10.1. The first kappa shape index (κ1) is 16.7. The molecule has 0 unspecified atom stereocenters. The molecule has 0 aliphatic heterocycles. The van der Waals surface area contributed by atoms with Crippen molar-refractivity contribution in [2.24, 2.45) is 17.8 Å². The molecule has 0 spiro atoms. The summed E-state index contributed by atoms with van der Waals surface area (Å²) in [4.78, 5) is 15.3. The van der Waals surface area contributed by atoms with Crippen molar-refractivity contribution in [3.05, 3.63) is 54.6 Å². The third-order valence-electron chi connectivity index (χ3n) is 6.78. The normalized spacial score (nSPS) is 30.9. The number of urea groups is 1. The summed E-state index contributed by atoms with van der Waals surface area (Å²) >= 11 is 0. The molecule has 2 aromatic rings. The molecule has 4 heteroatoms. The minimum Gasteiger partial charge on any atom is -0.399 e. The Labute approximate surface area is 160 Å². The number of hydrogen-bond donors (Lipinski definition) is 2. The van der Waals surface area contributed by atoms with Crippen molar-refractivity contribution in [1.29, 1.82) is 0 Å². The third kappa shape index (κ3) is 3.07. The molecule has 4 bridgehead atoms. The fourth-order valence-electron chi connectivity index (χ4n) is 6.13. The van der Waals surface area contributed by atoms with Crippen molar-refractivity contribution in [3.63, 3.8) is 0 Å². The van der Waals surface area contributed by atoms with Crippen LogP contribution in [0.4, 0.5) is 21.9 Å². The highest BCUT2D eigenvalue weighted by Crippen LogP contribution is 2.55. The van der Waals surface area contributed by atoms with Crippen LogP contribution in [0.25, 0.3) is 0 Å². The Morgan fingerprint density at radius 2 is 1.37 bits per heavy atom. The van der Waals surface area contributed by atoms with Crippen molar-refractivity contribution < 1.29 is 4.79 Å². The third-order valence-corrected chi connectivity index (χ3v) is 6.78. The quantitative estimate of drug-likeness (QED) is 0.749. The number of amides is 2. The van der Waals surface area contributed by atoms with Gasteiger partial charge in [0.05, 0.1) is 11.4 Å². The van der Waals surface area contributed by atoms with E-state index in [2.05, 4.69) is 5.32 Å². The van der Waals surface area contributed by atoms with Gasteiger partial charge in [-0.2, -0.15) is 0 Å². The van der Waals surface area contributed by atoms with Crippen LogP contribution in [0.15, 0.2) is 54.6 Å². The summed E-state index contributed by atoms with van der Waals surface area (Å²) < 4.78 is 0. The Balaban J connectivity index is 1.45. The SMILES string of the molecule is Nc1ccc(N(C(=O)NC23CC4CC(CC(C4)C2)C3)c2ccccc2)cc1. The van der Waals surface area contributed by atoms with Gasteiger partial charge in [-0.3, -0.25) is 4.90 Å². The predicted molar refractivity (Wildman–Crippen MR) is 109 cm³/mol. The van der Waals surface area contributed by atoms with E-state index in [-0.39, 0.29) is 11.6 Å². The molecule has 2 amide bonds. The highest BCUT2D eigenvalue weighted by molar-refractivity contribution is 5.99. The molecular formula is C23H27N3O. The molecule has 6 rings (SSSR count). The van der Waals surface area contributed by atoms with E-state index in [4.69, 9.17) is 5.73 Å². The number of para-hydroxylation sites is 1. The lowest BCUT2D eigenvalue weighted by Crippen LogP contribution is -2.61. The molecule has 0 heterocycles. The second-order valence-electron chi connectivity index (χ2n) is 8.89. The second kappa shape index (κ2) is 6.29. The number of nitrogens with zero attached hydrogens (tertiary/aromatic N) is 1. The summed E-state index contributed by atoms with van der Waals surface area (Å²) in [5.41, 5.74) is 8.28. The largest absolute Gasteiger partial charge is 0.399 e. The maximum atomic E-state index is 13.5. The number of carbonyl (C=O) groups is 1. The summed E-state index contributed by atoms with van der Waals surface area (Å²) in [5.74, 6) is 2.41. The van der Waals surface area contributed by atoms with E-state index in [1.54, 1.807) is 4.90 Å². The summed E-state index contributed by atoms with van der Waals surface area (Å²) in [7, 11) is 0. The number of anilines is 3. The molecule has 4 saturated carbocycles. The lowest BCUT2D eigenvalue weighted by Gasteiger charge is -2.57. The Morgan fingerprint density at radius 1 is 0.852 bits per heavy atom. The van der Waals surface area contributed by atoms with Gasteiger partial charge in [-0.05, 0) is 92.7 Å². The lowest BCUT2D eigenvalue weighted by atomic mass is 9.53. The zero-order chi connectivity index (χ0) is 18.4. The minimum atomic E-state index is -0.0204. The van der Waals surface area contributed by atoms with Gasteiger partial charge in [0.25, 0.3) is 0 Å². The highest BCUT2D eigenvalue weighted by atomic mass is 16.2. The van der Waals surface area contributed by atoms with Crippen molar-refractivity contribution in [2.75, 3.05) is 10.6 Å². The van der Waals surface area contributed by atoms with Gasteiger partial charge in [-0.1, -0.05) is 18.2 Å². The fourth-order valence-corrected chi connectivity index (χ4v) is 6.13. The number of rotatable bonds is 3. The van der Waals surface area contributed by atoms with Gasteiger partial charge in [0, 0.05) is 11.2 Å². The smallest absolute Gasteiger partial charge is 0.326 e. The number of nitrogens with two attached hydrogens (primary N) is 1. The number of nitrogens with one attached hydrogen (secondary N) is 1. The first-order valence-corrected chi connectivity index (χ1v) is 10.1. The zero-order valence-electron chi connectivity index (χ0n) is 15.6. The molecule has 0 saturated heterocycles. The van der Waals surface area contributed by atoms with Gasteiger partial charge in [0.1, 0.15) is 0 Å². The van der Waals surface area contributed by atoms with E-state index in [1.165, 1.54) is 19.3 Å². The number of carbonyl (C=O) groups excluding carboxylic acids is 1. The van der Waals surface area contributed by atoms with E-state index in [1.807, 2.05) is 54.6 Å². The lowest BCUT2D eigenvalue weighted by molar-refractivity contribution is -0.0129. The van der Waals surface area contributed by atoms with Crippen LogP contribution in [0.2, 0.25) is 0 Å². The average Bonchev–Trinajstić information content (AvgIpc) is 2.63. The molecule has 0 aromatic heterocycles. The average molecular weight is 361 g/mol. The van der Waals surface area contributed by atoms with Crippen LogP contribution < -0.4 is 16.0 Å². The molecule has 4 nitrogen and oxygen atoms in total. The van der Waals surface area contributed by atoms with E-state index in [0.29, 0.717) is 5.69 Å². The number of hydrogen-bond acceptors (Lipinski definition) is 2. The fraction of sp³-hybridized carbons (Fsp3) is 0.435. The monoisotopic (exact) mass is 361 g/mol. The maximum absolute atomic E-state index is 13.5. The molecule has 0 radical (unpaired) electrons. The summed E-state index contributed by atoms with van der Waals surface area (Å²) in [5, 5.41) is 3.49. The van der Waals surface area contributed by atoms with E-state index < -0.39 is 0 Å². The zero-order valence-corrected chi connectivity index (χ0v) is 15.6. The number of benzene rings is 2. The van der Waals surface area contributed by atoms with Crippen LogP contribution in [0.5, 0.6) is 0 Å². The minimum absolute atomic E-state index is 0.00727. The van der Waals surface area contributed by atoms with Gasteiger partial charge in [-0.25, -0.2) is 4.79 Å². The Kier molecular flexibility index (Phi) is 3.88. The Morgan fingerprint density at radius 3 is 1.93 bits per heavy atom. The van der Waals surface area contributed by atoms with Gasteiger partial charge in [-0.15, -0.1) is 0 Å². The molecule has 27 heavy (non-hydrogen) atoms. The van der Waals surface area contributed by atoms with Crippen LogP contribution in [0.1, 0.15) is 38.5 Å². The van der Waals surface area contributed by atoms with Gasteiger partial charge >= 0.3 is 6.03 Å². The predicted octanol–water partition coefficient (Wildman–Crippen LogP) is 5.09. The molecule has 4 aliphatic rings. The molecule has 3 N–H and O–H groups in total. The van der Waals surface area contributed by atoms with E-state index in [0.717, 1.165) is 48.4 Å². The Hall–Kier alpha value is -2.49. The van der Waals surface area contributed by atoms with Crippen LogP contribution in [-0.2, 0) is 0 Å². The van der Waals surface area contributed by atoms with E-state index >= 15 is 0 Å². The van der Waals surface area contributed by atoms with Gasteiger partial charge in [0.2, 0.25) is 0 Å². The number of nitrogen functional groups attached to an aromatic ring is 1. The summed E-state index contributed by atoms with van der Waals surface area (Å²) in [6.45, 7) is 0. The molecule has 4 aliphatic carbocycles. The summed E-state index contributed by atoms with van der Waals surface area (Å²) in [6, 6.07) is 17.4. The molecule has 4 fully saturated rings. The van der Waals surface area contributed by atoms with Crippen molar-refractivity contribution >= 4 is 23.1 Å². The van der Waals surface area contributed by atoms with Crippen LogP contribution in [-0.4, -0.2) is 11.6 Å². The van der Waals surface area contributed by atoms with Crippen molar-refractivity contribution in [2.45, 2.75) is 44.1 Å².